The van der Waals surface area contributed by atoms with E-state index in [1.165, 1.54) is 44.5 Å². The van der Waals surface area contributed by atoms with Crippen LogP contribution >= 0.6 is 0 Å². The number of carbonyl (C=O) groups excluding carboxylic acids is 7. The molecule has 5 N–H and O–H groups in total. The van der Waals surface area contributed by atoms with E-state index in [0.717, 1.165) is 22.6 Å². The first kappa shape index (κ1) is 44.3. The summed E-state index contributed by atoms with van der Waals surface area (Å²) in [6, 6.07) is 1.80. The SMILES string of the molecule is CC(=O)[C@@H]1C[C@@H](C)CN1C(=O)[C@H](C)NC(=O)[C@H](C)N(C)C(=O)[C@@H]1CCCN1C(=O)[C@@H](NC(=O)[C@H](Cc1cc(F)cc(F)c1)NC(=O)Nc1ccc(C)cc1)[C@H](C)O. The number of nitrogens with one attached hydrogen (secondary N) is 4. The van der Waals surface area contributed by atoms with Gasteiger partial charge < -0.3 is 41.1 Å². The average molecular weight is 798 g/mol. The van der Waals surface area contributed by atoms with Crippen molar-refractivity contribution < 1.29 is 47.4 Å². The van der Waals surface area contributed by atoms with Crippen LogP contribution in [-0.2, 0) is 35.2 Å². The maximum Gasteiger partial charge on any atom is 0.319 e. The summed E-state index contributed by atoms with van der Waals surface area (Å²) in [7, 11) is 1.38. The predicted molar refractivity (Wildman–Crippen MR) is 205 cm³/mol. The molecule has 2 aliphatic heterocycles. The fourth-order valence-corrected chi connectivity index (χ4v) is 7.17. The van der Waals surface area contributed by atoms with Gasteiger partial charge in [0.15, 0.2) is 5.78 Å². The number of urea groups is 1. The highest BCUT2D eigenvalue weighted by atomic mass is 19.1. The smallest absolute Gasteiger partial charge is 0.319 e. The van der Waals surface area contributed by atoms with Gasteiger partial charge in [0.2, 0.25) is 29.5 Å². The average Bonchev–Trinajstić information content (AvgIpc) is 3.79. The monoisotopic (exact) mass is 797 g/mol. The lowest BCUT2D eigenvalue weighted by Gasteiger charge is -2.34. The minimum absolute atomic E-state index is 0.0271. The highest BCUT2D eigenvalue weighted by molar-refractivity contribution is 5.98. The Morgan fingerprint density at radius 3 is 2.11 bits per heavy atom. The maximum absolute atomic E-state index is 14.1. The van der Waals surface area contributed by atoms with E-state index < -0.39 is 96.0 Å². The number of ketones is 1. The molecule has 310 valence electrons. The summed E-state index contributed by atoms with van der Waals surface area (Å²) in [4.78, 5) is 97.1. The van der Waals surface area contributed by atoms with Gasteiger partial charge in [0.1, 0.15) is 41.8 Å². The van der Waals surface area contributed by atoms with E-state index in [9.17, 15) is 47.4 Å². The van der Waals surface area contributed by atoms with Crippen LogP contribution in [0.2, 0.25) is 0 Å². The molecule has 2 saturated heterocycles. The Kier molecular flexibility index (Phi) is 14.9. The predicted octanol–water partition coefficient (Wildman–Crippen LogP) is 2.04. The molecule has 15 nitrogen and oxygen atoms in total. The number of hydrogen-bond acceptors (Lipinski definition) is 8. The third-order valence-corrected chi connectivity index (χ3v) is 10.5. The summed E-state index contributed by atoms with van der Waals surface area (Å²) >= 11 is 0. The van der Waals surface area contributed by atoms with E-state index in [-0.39, 0.29) is 30.2 Å². The molecule has 2 aliphatic rings. The van der Waals surface area contributed by atoms with Gasteiger partial charge in [-0.3, -0.25) is 28.8 Å². The third-order valence-electron chi connectivity index (χ3n) is 10.5. The van der Waals surface area contributed by atoms with Gasteiger partial charge in [-0.25, -0.2) is 13.6 Å². The van der Waals surface area contributed by atoms with Crippen molar-refractivity contribution in [3.8, 4) is 0 Å². The molecule has 7 amide bonds. The molecular weight excluding hydrogens is 744 g/mol. The molecule has 0 radical (unpaired) electrons. The molecule has 4 rings (SSSR count). The summed E-state index contributed by atoms with van der Waals surface area (Å²) in [6.45, 7) is 9.90. The zero-order chi connectivity index (χ0) is 42.3. The number of aliphatic hydroxyl groups is 1. The summed E-state index contributed by atoms with van der Waals surface area (Å²) in [6.07, 6.45) is -0.745. The number of carbonyl (C=O) groups is 7. The zero-order valence-electron chi connectivity index (χ0n) is 33.3. The second kappa shape index (κ2) is 19.1. The van der Waals surface area contributed by atoms with Crippen LogP contribution in [0.4, 0.5) is 19.3 Å². The third kappa shape index (κ3) is 11.3. The topological polar surface area (TPSA) is 198 Å². The highest BCUT2D eigenvalue weighted by Crippen LogP contribution is 2.25. The van der Waals surface area contributed by atoms with Crippen molar-refractivity contribution in [3.05, 3.63) is 65.2 Å². The molecule has 0 saturated carbocycles. The van der Waals surface area contributed by atoms with Gasteiger partial charge in [-0.15, -0.1) is 0 Å². The molecule has 0 bridgehead atoms. The van der Waals surface area contributed by atoms with Crippen LogP contribution in [0.5, 0.6) is 0 Å². The minimum atomic E-state index is -1.61. The number of hydrogen-bond donors (Lipinski definition) is 5. The molecule has 0 aliphatic carbocycles. The summed E-state index contributed by atoms with van der Waals surface area (Å²) in [5, 5.41) is 20.9. The molecular formula is C40H53F2N7O8. The Hall–Kier alpha value is -5.45. The molecule has 8 atom stereocenters. The lowest BCUT2D eigenvalue weighted by molar-refractivity contribution is -0.149. The Bertz CT molecular complexity index is 1820. The van der Waals surface area contributed by atoms with Crippen LogP contribution < -0.4 is 21.3 Å². The van der Waals surface area contributed by atoms with Crippen LogP contribution in [0.15, 0.2) is 42.5 Å². The number of nitrogens with zero attached hydrogens (tertiary/aromatic N) is 3. The molecule has 2 fully saturated rings. The van der Waals surface area contributed by atoms with Crippen molar-refractivity contribution in [1.29, 1.82) is 0 Å². The minimum Gasteiger partial charge on any atom is -0.391 e. The van der Waals surface area contributed by atoms with Crippen LogP contribution in [0.1, 0.15) is 65.0 Å². The second-order valence-electron chi connectivity index (χ2n) is 15.2. The summed E-state index contributed by atoms with van der Waals surface area (Å²) < 4.78 is 28.2. The van der Waals surface area contributed by atoms with Crippen LogP contribution in [-0.4, -0.2) is 124 Å². The Morgan fingerprint density at radius 1 is 0.877 bits per heavy atom. The number of aryl methyl sites for hydroxylation is 1. The highest BCUT2D eigenvalue weighted by Gasteiger charge is 2.43. The Balaban J connectivity index is 1.45. The fourth-order valence-electron chi connectivity index (χ4n) is 7.17. The number of likely N-dealkylation sites (tertiary alicyclic amines) is 2. The molecule has 0 aromatic heterocycles. The number of benzene rings is 2. The van der Waals surface area contributed by atoms with Crippen molar-refractivity contribution in [1.82, 2.24) is 30.7 Å². The van der Waals surface area contributed by atoms with Crippen molar-refractivity contribution in [2.45, 2.75) is 110 Å². The first-order chi connectivity index (χ1) is 26.8. The van der Waals surface area contributed by atoms with Crippen molar-refractivity contribution >= 4 is 47.0 Å². The van der Waals surface area contributed by atoms with E-state index in [1.54, 1.807) is 24.3 Å². The van der Waals surface area contributed by atoms with Gasteiger partial charge >= 0.3 is 6.03 Å². The Morgan fingerprint density at radius 2 is 1.51 bits per heavy atom. The second-order valence-corrected chi connectivity index (χ2v) is 15.2. The molecule has 57 heavy (non-hydrogen) atoms. The lowest BCUT2D eigenvalue weighted by atomic mass is 10.0. The van der Waals surface area contributed by atoms with Crippen LogP contribution in [0.3, 0.4) is 0 Å². The normalized spacial score (nSPS) is 20.4. The number of amides is 7. The van der Waals surface area contributed by atoms with E-state index >= 15 is 0 Å². The van der Waals surface area contributed by atoms with E-state index in [1.807, 2.05) is 13.8 Å². The van der Waals surface area contributed by atoms with Crippen molar-refractivity contribution in [3.63, 3.8) is 0 Å². The van der Waals surface area contributed by atoms with Crippen molar-refractivity contribution in [2.24, 2.45) is 5.92 Å². The number of anilines is 1. The van der Waals surface area contributed by atoms with Gasteiger partial charge in [0.05, 0.1) is 12.1 Å². The summed E-state index contributed by atoms with van der Waals surface area (Å²) in [5.74, 6) is -5.25. The molecule has 2 aromatic carbocycles. The molecule has 17 heteroatoms. The number of rotatable bonds is 14. The molecule has 2 heterocycles. The number of aliphatic hydroxyl groups excluding tert-OH is 1. The Labute approximate surface area is 330 Å². The molecule has 0 unspecified atom stereocenters. The quantitative estimate of drug-likeness (QED) is 0.192. The number of Topliss-reactive ketones (excluding diaryl/α,β-unsaturated/α-hetero) is 1. The zero-order valence-corrected chi connectivity index (χ0v) is 33.3. The molecule has 0 spiro atoms. The standard InChI is InChI=1S/C40H53F2N7O8/c1-21-10-12-30(13-11-21)44-40(57)45-31(18-27-16-28(41)19-29(42)17-27)36(53)46-34(26(6)51)39(56)48-14-8-9-32(48)38(55)47(7)24(4)35(52)43-23(3)37(54)49-20-22(2)15-33(49)25(5)50/h10-13,16-17,19,22-24,26,31-34,51H,8-9,14-15,18,20H2,1-7H3,(H,43,52)(H,46,53)(H2,44,45,57)/t22-,23+,24+,26+,31+,32+,33+,34+/m1/s1. The number of halogens is 2. The van der Waals surface area contributed by atoms with Crippen molar-refractivity contribution in [2.75, 3.05) is 25.5 Å². The summed E-state index contributed by atoms with van der Waals surface area (Å²) in [5.41, 5.74) is 1.36. The van der Waals surface area contributed by atoms with Gasteiger partial charge in [-0.05, 0) is 89.6 Å². The first-order valence-electron chi connectivity index (χ1n) is 19.0. The van der Waals surface area contributed by atoms with E-state index in [2.05, 4.69) is 21.3 Å². The number of likely N-dealkylation sites (N-methyl/N-ethyl adjacent to an activating group) is 1. The van der Waals surface area contributed by atoms with Gasteiger partial charge in [0, 0.05) is 38.3 Å². The lowest BCUT2D eigenvalue weighted by Crippen LogP contribution is -2.61. The van der Waals surface area contributed by atoms with E-state index in [0.29, 0.717) is 31.1 Å². The van der Waals surface area contributed by atoms with Crippen LogP contribution in [0, 0.1) is 24.5 Å². The largest absolute Gasteiger partial charge is 0.391 e. The maximum atomic E-state index is 14.1. The van der Waals surface area contributed by atoms with E-state index in [4.69, 9.17) is 0 Å². The van der Waals surface area contributed by atoms with Gasteiger partial charge in [-0.1, -0.05) is 24.6 Å². The van der Waals surface area contributed by atoms with Gasteiger partial charge in [-0.2, -0.15) is 0 Å². The van der Waals surface area contributed by atoms with Crippen LogP contribution in [0.25, 0.3) is 0 Å². The van der Waals surface area contributed by atoms with Gasteiger partial charge in [0.25, 0.3) is 0 Å². The first-order valence-corrected chi connectivity index (χ1v) is 19.0. The fraction of sp³-hybridized carbons (Fsp3) is 0.525. The molecule has 2 aromatic rings.